The van der Waals surface area contributed by atoms with E-state index in [4.69, 9.17) is 0 Å². The number of benzene rings is 1. The summed E-state index contributed by atoms with van der Waals surface area (Å²) in [6.07, 6.45) is 1.23. The molecule has 0 spiro atoms. The smallest absolute Gasteiger partial charge is 0.0408 e. The molecule has 2 rings (SSSR count). The molecule has 1 aliphatic heterocycles. The third kappa shape index (κ3) is 2.85. The summed E-state index contributed by atoms with van der Waals surface area (Å²) in [6.45, 7) is 15.9. The lowest BCUT2D eigenvalue weighted by molar-refractivity contribution is 0.356. The lowest BCUT2D eigenvalue weighted by atomic mass is 9.79. The van der Waals surface area contributed by atoms with Crippen LogP contribution in [0.2, 0.25) is 0 Å². The zero-order valence-corrected chi connectivity index (χ0v) is 14.0. The Labute approximate surface area is 124 Å². The van der Waals surface area contributed by atoms with E-state index < -0.39 is 0 Å². The second-order valence-corrected chi connectivity index (χ2v) is 7.05. The van der Waals surface area contributed by atoms with E-state index in [1.54, 1.807) is 0 Å². The van der Waals surface area contributed by atoms with Crippen LogP contribution >= 0.6 is 0 Å². The molecule has 20 heavy (non-hydrogen) atoms. The highest BCUT2D eigenvalue weighted by atomic mass is 15.2. The average Bonchev–Trinajstić information content (AvgIpc) is 2.35. The summed E-state index contributed by atoms with van der Waals surface area (Å²) in [5.41, 5.74) is 4.60. The van der Waals surface area contributed by atoms with Gasteiger partial charge in [0.05, 0.1) is 0 Å². The van der Waals surface area contributed by atoms with Crippen molar-refractivity contribution in [2.45, 2.75) is 72.0 Å². The van der Waals surface area contributed by atoms with Crippen LogP contribution in [0, 0.1) is 0 Å². The van der Waals surface area contributed by atoms with E-state index in [2.05, 4.69) is 70.0 Å². The first-order valence-electron chi connectivity index (χ1n) is 7.99. The van der Waals surface area contributed by atoms with Crippen LogP contribution < -0.4 is 10.2 Å². The minimum absolute atomic E-state index is 0.240. The lowest BCUT2D eigenvalue weighted by Gasteiger charge is -2.50. The van der Waals surface area contributed by atoms with Crippen LogP contribution in [0.25, 0.3) is 0 Å². The van der Waals surface area contributed by atoms with Gasteiger partial charge >= 0.3 is 0 Å². The second kappa shape index (κ2) is 5.77. The van der Waals surface area contributed by atoms with E-state index in [-0.39, 0.29) is 5.54 Å². The minimum Gasteiger partial charge on any atom is -0.364 e. The van der Waals surface area contributed by atoms with E-state index in [0.717, 1.165) is 13.1 Å². The minimum atomic E-state index is 0.240. The Morgan fingerprint density at radius 3 is 2.65 bits per heavy atom. The molecule has 1 aliphatic rings. The SMILES string of the molecule is CCNCc1ccc2c(c1)[C@H](C)CC(C)(C)N2C(C)C. The average molecular weight is 274 g/mol. The van der Waals surface area contributed by atoms with Crippen LogP contribution in [0.3, 0.4) is 0 Å². The van der Waals surface area contributed by atoms with Gasteiger partial charge in [-0.1, -0.05) is 26.0 Å². The van der Waals surface area contributed by atoms with Crippen molar-refractivity contribution in [2.75, 3.05) is 11.4 Å². The monoisotopic (exact) mass is 274 g/mol. The summed E-state index contributed by atoms with van der Waals surface area (Å²) in [7, 11) is 0. The standard InChI is InChI=1S/C18H30N2/c1-7-19-12-15-8-9-17-16(10-15)14(4)11-18(5,6)20(17)13(2)3/h8-10,13-14,19H,7,11-12H2,1-6H3/t14-/m1/s1. The number of nitrogens with zero attached hydrogens (tertiary/aromatic N) is 1. The van der Waals surface area contributed by atoms with E-state index >= 15 is 0 Å². The van der Waals surface area contributed by atoms with Crippen molar-refractivity contribution in [3.8, 4) is 0 Å². The predicted octanol–water partition coefficient (Wildman–Crippen LogP) is 4.30. The maximum Gasteiger partial charge on any atom is 0.0408 e. The van der Waals surface area contributed by atoms with Gasteiger partial charge in [0, 0.05) is 23.8 Å². The predicted molar refractivity (Wildman–Crippen MR) is 88.5 cm³/mol. The Kier molecular flexibility index (Phi) is 4.43. The number of nitrogens with one attached hydrogen (secondary N) is 1. The number of anilines is 1. The molecule has 1 heterocycles. The summed E-state index contributed by atoms with van der Waals surface area (Å²) in [5.74, 6) is 0.636. The maximum absolute atomic E-state index is 3.42. The van der Waals surface area contributed by atoms with Gasteiger partial charge in [0.15, 0.2) is 0 Å². The molecule has 0 amide bonds. The van der Waals surface area contributed by atoms with Crippen molar-refractivity contribution < 1.29 is 0 Å². The molecule has 0 saturated carbocycles. The largest absolute Gasteiger partial charge is 0.364 e. The van der Waals surface area contributed by atoms with Crippen molar-refractivity contribution in [1.29, 1.82) is 0 Å². The topological polar surface area (TPSA) is 15.3 Å². The molecule has 1 N–H and O–H groups in total. The van der Waals surface area contributed by atoms with Gasteiger partial charge in [0.1, 0.15) is 0 Å². The highest BCUT2D eigenvalue weighted by Gasteiger charge is 2.37. The third-order valence-electron chi connectivity index (χ3n) is 4.44. The number of rotatable bonds is 4. The Morgan fingerprint density at radius 1 is 1.35 bits per heavy atom. The fourth-order valence-electron chi connectivity index (χ4n) is 3.86. The summed E-state index contributed by atoms with van der Waals surface area (Å²) >= 11 is 0. The fraction of sp³-hybridized carbons (Fsp3) is 0.667. The van der Waals surface area contributed by atoms with Gasteiger partial charge in [-0.2, -0.15) is 0 Å². The third-order valence-corrected chi connectivity index (χ3v) is 4.44. The van der Waals surface area contributed by atoms with Crippen LogP contribution in [0.5, 0.6) is 0 Å². The normalized spacial score (nSPS) is 21.1. The van der Waals surface area contributed by atoms with Crippen molar-refractivity contribution in [3.63, 3.8) is 0 Å². The molecule has 2 heteroatoms. The quantitative estimate of drug-likeness (QED) is 0.880. The van der Waals surface area contributed by atoms with Gasteiger partial charge in [-0.25, -0.2) is 0 Å². The summed E-state index contributed by atoms with van der Waals surface area (Å²) < 4.78 is 0. The highest BCUT2D eigenvalue weighted by Crippen LogP contribution is 2.44. The molecule has 0 aliphatic carbocycles. The van der Waals surface area contributed by atoms with Gasteiger partial charge in [0.25, 0.3) is 0 Å². The first kappa shape index (κ1) is 15.4. The maximum atomic E-state index is 3.42. The Balaban J connectivity index is 2.40. The summed E-state index contributed by atoms with van der Waals surface area (Å²) in [5, 5.41) is 3.42. The van der Waals surface area contributed by atoms with Crippen molar-refractivity contribution >= 4 is 5.69 Å². The Morgan fingerprint density at radius 2 is 2.05 bits per heavy atom. The first-order valence-corrected chi connectivity index (χ1v) is 7.99. The first-order chi connectivity index (χ1) is 9.36. The lowest BCUT2D eigenvalue weighted by Crippen LogP contribution is -2.51. The van der Waals surface area contributed by atoms with Crippen molar-refractivity contribution in [3.05, 3.63) is 29.3 Å². The van der Waals surface area contributed by atoms with E-state index in [0.29, 0.717) is 12.0 Å². The summed E-state index contributed by atoms with van der Waals surface area (Å²) in [4.78, 5) is 2.60. The number of hydrogen-bond donors (Lipinski definition) is 1. The molecular weight excluding hydrogens is 244 g/mol. The van der Waals surface area contributed by atoms with Crippen LogP contribution in [-0.4, -0.2) is 18.1 Å². The van der Waals surface area contributed by atoms with Gasteiger partial charge < -0.3 is 10.2 Å². The Hall–Kier alpha value is -1.02. The molecule has 0 fully saturated rings. The molecular formula is C18H30N2. The molecule has 0 bridgehead atoms. The zero-order valence-electron chi connectivity index (χ0n) is 14.0. The highest BCUT2D eigenvalue weighted by molar-refractivity contribution is 5.61. The van der Waals surface area contributed by atoms with Gasteiger partial charge in [-0.05, 0) is 63.8 Å². The zero-order chi connectivity index (χ0) is 14.9. The van der Waals surface area contributed by atoms with Crippen LogP contribution in [-0.2, 0) is 6.54 Å². The molecule has 1 atom stereocenters. The molecule has 1 aromatic carbocycles. The molecule has 1 aromatic rings. The van der Waals surface area contributed by atoms with Gasteiger partial charge in [-0.15, -0.1) is 0 Å². The van der Waals surface area contributed by atoms with Crippen LogP contribution in [0.4, 0.5) is 5.69 Å². The molecule has 0 unspecified atom stereocenters. The Bertz CT molecular complexity index is 462. The summed E-state index contributed by atoms with van der Waals surface area (Å²) in [6, 6.07) is 7.56. The molecule has 0 aromatic heterocycles. The number of hydrogen-bond acceptors (Lipinski definition) is 2. The van der Waals surface area contributed by atoms with Crippen LogP contribution in [0.1, 0.15) is 65.0 Å². The second-order valence-electron chi connectivity index (χ2n) is 7.05. The molecule has 112 valence electrons. The van der Waals surface area contributed by atoms with E-state index in [1.165, 1.54) is 23.2 Å². The van der Waals surface area contributed by atoms with E-state index in [9.17, 15) is 0 Å². The van der Waals surface area contributed by atoms with E-state index in [1.807, 2.05) is 0 Å². The number of fused-ring (bicyclic) bond motifs is 1. The molecule has 0 radical (unpaired) electrons. The van der Waals surface area contributed by atoms with Crippen LogP contribution in [0.15, 0.2) is 18.2 Å². The molecule has 2 nitrogen and oxygen atoms in total. The van der Waals surface area contributed by atoms with Gasteiger partial charge in [-0.3, -0.25) is 0 Å². The fourth-order valence-corrected chi connectivity index (χ4v) is 3.86. The molecule has 0 saturated heterocycles. The van der Waals surface area contributed by atoms with Gasteiger partial charge in [0.2, 0.25) is 0 Å². The van der Waals surface area contributed by atoms with Crippen molar-refractivity contribution in [2.24, 2.45) is 0 Å². The van der Waals surface area contributed by atoms with Crippen molar-refractivity contribution in [1.82, 2.24) is 5.32 Å².